The lowest BCUT2D eigenvalue weighted by molar-refractivity contribution is 0.428. The first-order chi connectivity index (χ1) is 4.79. The number of hydrogen-bond donors (Lipinski definition) is 0. The van der Waals surface area contributed by atoms with E-state index in [4.69, 9.17) is 0 Å². The Morgan fingerprint density at radius 2 is 1.70 bits per heavy atom. The first-order valence-electron chi connectivity index (χ1n) is 3.69. The van der Waals surface area contributed by atoms with E-state index in [2.05, 4.69) is 31.9 Å². The van der Waals surface area contributed by atoms with Gasteiger partial charge >= 0.3 is 0 Å². The summed E-state index contributed by atoms with van der Waals surface area (Å²) in [5, 5.41) is 0. The van der Waals surface area contributed by atoms with E-state index in [-0.39, 0.29) is 0 Å². The summed E-state index contributed by atoms with van der Waals surface area (Å²) in [7, 11) is 0. The Morgan fingerprint density at radius 1 is 1.10 bits per heavy atom. The monoisotopic (exact) mass is 263 g/mol. The van der Waals surface area contributed by atoms with Gasteiger partial charge in [0, 0.05) is 14.9 Å². The number of halogens is 2. The van der Waals surface area contributed by atoms with E-state index in [0.29, 0.717) is 0 Å². The van der Waals surface area contributed by atoms with Crippen molar-refractivity contribution in [2.75, 3.05) is 0 Å². The summed E-state index contributed by atoms with van der Waals surface area (Å²) in [6.45, 7) is 0. The van der Waals surface area contributed by atoms with Crippen LogP contribution in [-0.2, 0) is 0 Å². The molecular weight excluding hydrogens is 256 g/mol. The smallest absolute Gasteiger partial charge is 0.0130 e. The summed E-state index contributed by atoms with van der Waals surface area (Å²) in [5.74, 6) is 2.45. The normalized spacial score (nSPS) is 28.2. The van der Waals surface area contributed by atoms with Gasteiger partial charge in [-0.05, 0) is 31.6 Å². The first kappa shape index (κ1) is 7.35. The number of allylic oxidation sites excluding steroid dienone is 2. The maximum atomic E-state index is 3.62. The van der Waals surface area contributed by atoms with Crippen molar-refractivity contribution in [2.24, 2.45) is 5.92 Å². The third-order valence-corrected chi connectivity index (χ3v) is 5.03. The van der Waals surface area contributed by atoms with Crippen molar-refractivity contribution in [3.8, 4) is 0 Å². The van der Waals surface area contributed by atoms with Crippen LogP contribution in [0.4, 0.5) is 0 Å². The van der Waals surface area contributed by atoms with Crippen LogP contribution in [-0.4, -0.2) is 0 Å². The van der Waals surface area contributed by atoms with Gasteiger partial charge in [-0.1, -0.05) is 31.9 Å². The predicted octanol–water partition coefficient (Wildman–Crippen LogP) is 3.77. The zero-order chi connectivity index (χ0) is 7.14. The van der Waals surface area contributed by atoms with Crippen molar-refractivity contribution in [3.63, 3.8) is 0 Å². The molecule has 0 aromatic rings. The maximum Gasteiger partial charge on any atom is 0.0130 e. The second-order valence-electron chi connectivity index (χ2n) is 3.04. The molecule has 2 bridgehead atoms. The third kappa shape index (κ3) is 1.00. The molecular formula is C8H9Br2. The third-order valence-electron chi connectivity index (χ3n) is 2.47. The molecule has 0 heterocycles. The van der Waals surface area contributed by atoms with Crippen LogP contribution in [0.5, 0.6) is 0 Å². The standard InChI is InChI=1S/C8H9Br2/c9-7-5-1-2-6(4-3-5)8(7)10/h5H,1-4H2. The summed E-state index contributed by atoms with van der Waals surface area (Å²) in [6.07, 6.45) is 5.37. The lowest BCUT2D eigenvalue weighted by Gasteiger charge is -2.35. The molecule has 3 aliphatic carbocycles. The van der Waals surface area contributed by atoms with Crippen LogP contribution in [0.15, 0.2) is 8.96 Å². The molecule has 3 rings (SSSR count). The van der Waals surface area contributed by atoms with Gasteiger partial charge in [-0.2, -0.15) is 0 Å². The molecule has 0 amide bonds. The fourth-order valence-electron chi connectivity index (χ4n) is 1.79. The lowest BCUT2D eigenvalue weighted by atomic mass is 9.76. The SMILES string of the molecule is BrC1=C(Br)C2CC[C]1CC2. The van der Waals surface area contributed by atoms with Gasteiger partial charge < -0.3 is 0 Å². The maximum absolute atomic E-state index is 3.62. The molecule has 1 fully saturated rings. The molecule has 0 aromatic carbocycles. The number of fused-ring (bicyclic) bond motifs is 2. The van der Waals surface area contributed by atoms with Crippen molar-refractivity contribution in [1.82, 2.24) is 0 Å². The molecule has 0 spiro atoms. The second kappa shape index (κ2) is 2.63. The molecule has 1 saturated carbocycles. The van der Waals surface area contributed by atoms with E-state index in [1.54, 1.807) is 5.92 Å². The van der Waals surface area contributed by atoms with Gasteiger partial charge in [-0.3, -0.25) is 0 Å². The minimum atomic E-state index is 0.826. The van der Waals surface area contributed by atoms with Crippen molar-refractivity contribution in [1.29, 1.82) is 0 Å². The fraction of sp³-hybridized carbons (Fsp3) is 0.625. The minimum absolute atomic E-state index is 0.826. The zero-order valence-electron chi connectivity index (χ0n) is 5.66. The highest BCUT2D eigenvalue weighted by molar-refractivity contribution is 9.14. The average Bonchev–Trinajstić information content (AvgIpc) is 2.00. The molecule has 1 radical (unpaired) electrons. The molecule has 55 valence electrons. The van der Waals surface area contributed by atoms with Crippen LogP contribution in [0.3, 0.4) is 0 Å². The summed E-state index contributed by atoms with van der Waals surface area (Å²) < 4.78 is 2.79. The van der Waals surface area contributed by atoms with E-state index in [0.717, 1.165) is 5.92 Å². The van der Waals surface area contributed by atoms with Crippen LogP contribution in [0.2, 0.25) is 0 Å². The largest absolute Gasteiger partial charge is 0.0545 e. The molecule has 0 unspecified atom stereocenters. The van der Waals surface area contributed by atoms with Crippen molar-refractivity contribution >= 4 is 31.9 Å². The van der Waals surface area contributed by atoms with Crippen molar-refractivity contribution in [3.05, 3.63) is 14.9 Å². The van der Waals surface area contributed by atoms with Crippen LogP contribution in [0, 0.1) is 11.8 Å². The van der Waals surface area contributed by atoms with Gasteiger partial charge in [0.1, 0.15) is 0 Å². The highest BCUT2D eigenvalue weighted by Crippen LogP contribution is 2.50. The molecule has 10 heavy (non-hydrogen) atoms. The van der Waals surface area contributed by atoms with Gasteiger partial charge in [0.05, 0.1) is 0 Å². The number of rotatable bonds is 0. The van der Waals surface area contributed by atoms with Gasteiger partial charge in [-0.15, -0.1) is 0 Å². The summed E-state index contributed by atoms with van der Waals surface area (Å²) in [6, 6.07) is 0. The van der Waals surface area contributed by atoms with Gasteiger partial charge in [-0.25, -0.2) is 0 Å². The Bertz CT molecular complexity index is 156. The molecule has 3 aliphatic rings. The molecule has 0 N–H and O–H groups in total. The van der Waals surface area contributed by atoms with Crippen LogP contribution in [0.25, 0.3) is 0 Å². The molecule has 0 atom stereocenters. The Labute approximate surface area is 78.3 Å². The van der Waals surface area contributed by atoms with Crippen molar-refractivity contribution < 1.29 is 0 Å². The fourth-order valence-corrected chi connectivity index (χ4v) is 3.25. The summed E-state index contributed by atoms with van der Waals surface area (Å²) in [5.41, 5.74) is 0. The van der Waals surface area contributed by atoms with Gasteiger partial charge in [0.2, 0.25) is 0 Å². The van der Waals surface area contributed by atoms with Gasteiger partial charge in [0.25, 0.3) is 0 Å². The predicted molar refractivity (Wildman–Crippen MR) is 50.1 cm³/mol. The molecule has 0 aromatic heterocycles. The molecule has 2 heteroatoms. The van der Waals surface area contributed by atoms with Crippen LogP contribution in [0.1, 0.15) is 25.7 Å². The van der Waals surface area contributed by atoms with E-state index >= 15 is 0 Å². The Kier molecular flexibility index (Phi) is 1.94. The zero-order valence-corrected chi connectivity index (χ0v) is 8.83. The Balaban J connectivity index is 2.35. The van der Waals surface area contributed by atoms with E-state index in [1.807, 2.05) is 0 Å². The highest BCUT2D eigenvalue weighted by atomic mass is 79.9. The quantitative estimate of drug-likeness (QED) is 0.625. The minimum Gasteiger partial charge on any atom is -0.0545 e. The van der Waals surface area contributed by atoms with Crippen LogP contribution >= 0.6 is 31.9 Å². The summed E-state index contributed by atoms with van der Waals surface area (Å²) in [4.78, 5) is 0. The number of hydrogen-bond acceptors (Lipinski definition) is 0. The van der Waals surface area contributed by atoms with Crippen LogP contribution < -0.4 is 0 Å². The van der Waals surface area contributed by atoms with E-state index in [1.165, 1.54) is 34.6 Å². The molecule has 0 nitrogen and oxygen atoms in total. The average molecular weight is 265 g/mol. The van der Waals surface area contributed by atoms with Crippen molar-refractivity contribution in [2.45, 2.75) is 25.7 Å². The topological polar surface area (TPSA) is 0 Å². The Hall–Kier alpha value is 0.700. The van der Waals surface area contributed by atoms with E-state index < -0.39 is 0 Å². The highest BCUT2D eigenvalue weighted by Gasteiger charge is 2.32. The van der Waals surface area contributed by atoms with Gasteiger partial charge in [0.15, 0.2) is 0 Å². The Morgan fingerprint density at radius 3 is 2.00 bits per heavy atom. The second-order valence-corrected chi connectivity index (χ2v) is 4.69. The molecule has 0 aliphatic heterocycles. The molecule has 0 saturated heterocycles. The lowest BCUT2D eigenvalue weighted by Crippen LogP contribution is -2.20. The summed E-state index contributed by atoms with van der Waals surface area (Å²) >= 11 is 7.23. The first-order valence-corrected chi connectivity index (χ1v) is 5.28. The van der Waals surface area contributed by atoms with E-state index in [9.17, 15) is 0 Å².